The summed E-state index contributed by atoms with van der Waals surface area (Å²) in [7, 11) is 1.60. The summed E-state index contributed by atoms with van der Waals surface area (Å²) < 4.78 is 5.10. The smallest absolute Gasteiger partial charge is 0.137 e. The van der Waals surface area contributed by atoms with Crippen LogP contribution in [0.4, 0.5) is 0 Å². The van der Waals surface area contributed by atoms with Crippen molar-refractivity contribution in [3.63, 3.8) is 0 Å². The van der Waals surface area contributed by atoms with E-state index in [0.29, 0.717) is 29.8 Å². The molecule has 0 aliphatic carbocycles. The fourth-order valence-electron chi connectivity index (χ4n) is 1.62. The highest BCUT2D eigenvalue weighted by Crippen LogP contribution is 2.24. The Labute approximate surface area is 114 Å². The summed E-state index contributed by atoms with van der Waals surface area (Å²) in [6.07, 6.45) is 0. The third kappa shape index (κ3) is 4.21. The Bertz CT molecular complexity index is 426. The van der Waals surface area contributed by atoms with E-state index in [0.717, 1.165) is 5.56 Å². The Morgan fingerprint density at radius 1 is 1.44 bits per heavy atom. The minimum atomic E-state index is 0.0405. The third-order valence-corrected chi connectivity index (χ3v) is 3.18. The largest absolute Gasteiger partial charge is 0.495 e. The molecule has 0 amide bonds. The quantitative estimate of drug-likeness (QED) is 0.860. The standard InChI is InChI=1S/C14H19ClN2O/c1-10(2)12(7-16)9-17-8-11-4-5-14(18-3)13(15)6-11/h4-6,10,12,17H,8-9H2,1-3H3. The van der Waals surface area contributed by atoms with Crippen LogP contribution < -0.4 is 10.1 Å². The highest BCUT2D eigenvalue weighted by molar-refractivity contribution is 6.32. The average Bonchev–Trinajstić information content (AvgIpc) is 2.34. The maximum atomic E-state index is 8.98. The van der Waals surface area contributed by atoms with Gasteiger partial charge in [-0.2, -0.15) is 5.26 Å². The van der Waals surface area contributed by atoms with Crippen molar-refractivity contribution < 1.29 is 4.74 Å². The summed E-state index contributed by atoms with van der Waals surface area (Å²) in [5.74, 6) is 1.08. The molecule has 0 heterocycles. The third-order valence-electron chi connectivity index (χ3n) is 2.88. The minimum Gasteiger partial charge on any atom is -0.495 e. The van der Waals surface area contributed by atoms with Crippen LogP contribution in [0, 0.1) is 23.2 Å². The molecule has 0 aliphatic heterocycles. The normalized spacial score (nSPS) is 12.2. The first-order chi connectivity index (χ1) is 8.58. The Kier molecular flexibility index (Phi) is 5.97. The average molecular weight is 267 g/mol. The van der Waals surface area contributed by atoms with Crippen molar-refractivity contribution in [1.29, 1.82) is 5.26 Å². The van der Waals surface area contributed by atoms with Gasteiger partial charge in [0.2, 0.25) is 0 Å². The van der Waals surface area contributed by atoms with Gasteiger partial charge in [-0.25, -0.2) is 0 Å². The van der Waals surface area contributed by atoms with Crippen molar-refractivity contribution in [2.45, 2.75) is 20.4 Å². The first-order valence-corrected chi connectivity index (χ1v) is 6.39. The maximum absolute atomic E-state index is 8.98. The summed E-state index contributed by atoms with van der Waals surface area (Å²) in [6, 6.07) is 8.01. The van der Waals surface area contributed by atoms with Crippen LogP contribution in [0.2, 0.25) is 5.02 Å². The Morgan fingerprint density at radius 3 is 2.67 bits per heavy atom. The number of hydrogen-bond acceptors (Lipinski definition) is 3. The predicted molar refractivity (Wildman–Crippen MR) is 73.7 cm³/mol. The highest BCUT2D eigenvalue weighted by Gasteiger charge is 2.11. The lowest BCUT2D eigenvalue weighted by Gasteiger charge is -2.14. The first-order valence-electron chi connectivity index (χ1n) is 6.01. The molecule has 1 atom stereocenters. The van der Waals surface area contributed by atoms with Gasteiger partial charge in [-0.1, -0.05) is 31.5 Å². The number of nitrogens with one attached hydrogen (secondary N) is 1. The zero-order valence-electron chi connectivity index (χ0n) is 11.0. The van der Waals surface area contributed by atoms with Gasteiger partial charge >= 0.3 is 0 Å². The molecule has 0 bridgehead atoms. The lowest BCUT2D eigenvalue weighted by molar-refractivity contribution is 0.414. The Morgan fingerprint density at radius 2 is 2.17 bits per heavy atom. The molecule has 3 nitrogen and oxygen atoms in total. The van der Waals surface area contributed by atoms with Gasteiger partial charge in [0.05, 0.1) is 24.1 Å². The van der Waals surface area contributed by atoms with Crippen molar-refractivity contribution in [3.05, 3.63) is 28.8 Å². The van der Waals surface area contributed by atoms with E-state index in [2.05, 4.69) is 25.2 Å². The maximum Gasteiger partial charge on any atom is 0.137 e. The lowest BCUT2D eigenvalue weighted by atomic mass is 9.97. The second kappa shape index (κ2) is 7.25. The molecule has 1 unspecified atom stereocenters. The highest BCUT2D eigenvalue weighted by atomic mass is 35.5. The van der Waals surface area contributed by atoms with Crippen molar-refractivity contribution in [1.82, 2.24) is 5.32 Å². The molecular formula is C14H19ClN2O. The summed E-state index contributed by atoms with van der Waals surface area (Å²) in [5, 5.41) is 12.9. The molecule has 0 saturated carbocycles. The molecule has 0 saturated heterocycles. The molecule has 18 heavy (non-hydrogen) atoms. The number of benzene rings is 1. The number of hydrogen-bond donors (Lipinski definition) is 1. The molecule has 1 N–H and O–H groups in total. The van der Waals surface area contributed by atoms with E-state index >= 15 is 0 Å². The number of halogens is 1. The summed E-state index contributed by atoms with van der Waals surface area (Å²) in [6.45, 7) is 5.51. The molecule has 4 heteroatoms. The minimum absolute atomic E-state index is 0.0405. The van der Waals surface area contributed by atoms with E-state index in [1.807, 2.05) is 18.2 Å². The van der Waals surface area contributed by atoms with Crippen LogP contribution in [0.25, 0.3) is 0 Å². The van der Waals surface area contributed by atoms with Crippen molar-refractivity contribution in [2.75, 3.05) is 13.7 Å². The van der Waals surface area contributed by atoms with E-state index in [1.165, 1.54) is 0 Å². The molecule has 0 radical (unpaired) electrons. The van der Waals surface area contributed by atoms with Crippen LogP contribution in [0.5, 0.6) is 5.75 Å². The number of rotatable bonds is 6. The molecule has 1 aromatic rings. The van der Waals surface area contributed by atoms with Crippen molar-refractivity contribution in [2.24, 2.45) is 11.8 Å². The monoisotopic (exact) mass is 266 g/mol. The van der Waals surface area contributed by atoms with Crippen LogP contribution in [0.1, 0.15) is 19.4 Å². The fourth-order valence-corrected chi connectivity index (χ4v) is 1.90. The zero-order valence-corrected chi connectivity index (χ0v) is 11.8. The van der Waals surface area contributed by atoms with Crippen LogP contribution in [0.15, 0.2) is 18.2 Å². The van der Waals surface area contributed by atoms with Gasteiger partial charge in [-0.15, -0.1) is 0 Å². The molecule has 0 aliphatic rings. The van der Waals surface area contributed by atoms with Crippen molar-refractivity contribution >= 4 is 11.6 Å². The molecular weight excluding hydrogens is 248 g/mol. The number of nitriles is 1. The second-order valence-corrected chi connectivity index (χ2v) is 4.99. The van der Waals surface area contributed by atoms with E-state index in [1.54, 1.807) is 7.11 Å². The van der Waals surface area contributed by atoms with Gasteiger partial charge in [0, 0.05) is 13.1 Å². The topological polar surface area (TPSA) is 45.0 Å². The Balaban J connectivity index is 2.49. The van der Waals surface area contributed by atoms with Crippen LogP contribution in [-0.2, 0) is 6.54 Å². The fraction of sp³-hybridized carbons (Fsp3) is 0.500. The molecule has 0 fully saturated rings. The number of nitrogens with zero attached hydrogens (tertiary/aromatic N) is 1. The number of methoxy groups -OCH3 is 1. The van der Waals surface area contributed by atoms with E-state index in [9.17, 15) is 0 Å². The van der Waals surface area contributed by atoms with Gasteiger partial charge in [0.15, 0.2) is 0 Å². The summed E-state index contributed by atoms with van der Waals surface area (Å²) >= 11 is 6.04. The molecule has 98 valence electrons. The van der Waals surface area contributed by atoms with Crippen LogP contribution >= 0.6 is 11.6 Å². The molecule has 1 rings (SSSR count). The van der Waals surface area contributed by atoms with Gasteiger partial charge < -0.3 is 10.1 Å². The lowest BCUT2D eigenvalue weighted by Crippen LogP contribution is -2.24. The van der Waals surface area contributed by atoms with E-state index < -0.39 is 0 Å². The van der Waals surface area contributed by atoms with Crippen molar-refractivity contribution in [3.8, 4) is 11.8 Å². The predicted octanol–water partition coefficient (Wildman–Crippen LogP) is 3.23. The summed E-state index contributed by atoms with van der Waals surface area (Å²) in [5.41, 5.74) is 1.08. The van der Waals surface area contributed by atoms with Gasteiger partial charge in [-0.3, -0.25) is 0 Å². The zero-order chi connectivity index (χ0) is 13.5. The Hall–Kier alpha value is -1.24. The number of ether oxygens (including phenoxy) is 1. The molecule has 0 aromatic heterocycles. The molecule has 1 aromatic carbocycles. The first kappa shape index (κ1) is 14.8. The van der Waals surface area contributed by atoms with Crippen LogP contribution in [0.3, 0.4) is 0 Å². The second-order valence-electron chi connectivity index (χ2n) is 4.58. The SMILES string of the molecule is COc1ccc(CNCC(C#N)C(C)C)cc1Cl. The van der Waals surface area contributed by atoms with Gasteiger partial charge in [0.25, 0.3) is 0 Å². The molecule has 0 spiro atoms. The van der Waals surface area contributed by atoms with Gasteiger partial charge in [-0.05, 0) is 23.6 Å². The van der Waals surface area contributed by atoms with Gasteiger partial charge in [0.1, 0.15) is 5.75 Å². The van der Waals surface area contributed by atoms with E-state index in [4.69, 9.17) is 21.6 Å². The van der Waals surface area contributed by atoms with E-state index in [-0.39, 0.29) is 5.92 Å². The van der Waals surface area contributed by atoms with Crippen LogP contribution in [-0.4, -0.2) is 13.7 Å². The summed E-state index contributed by atoms with van der Waals surface area (Å²) in [4.78, 5) is 0.